The van der Waals surface area contributed by atoms with Crippen LogP contribution in [0.25, 0.3) is 11.1 Å². The minimum Gasteiger partial charge on any atom is -0.453 e. The third-order valence-corrected chi connectivity index (χ3v) is 9.32. The molecule has 0 aliphatic carbocycles. The van der Waals surface area contributed by atoms with Crippen LogP contribution in [-0.2, 0) is 12.3 Å². The molecular formula is C31H23F4IN2O3S. The van der Waals surface area contributed by atoms with E-state index < -0.39 is 34.7 Å². The number of halogens is 5. The van der Waals surface area contributed by atoms with E-state index in [-0.39, 0.29) is 41.4 Å². The van der Waals surface area contributed by atoms with Crippen molar-refractivity contribution in [3.63, 3.8) is 0 Å². The number of thioether (sulfide) groups is 1. The van der Waals surface area contributed by atoms with Crippen molar-refractivity contribution in [3.8, 4) is 22.6 Å². The summed E-state index contributed by atoms with van der Waals surface area (Å²) in [4.78, 5) is 14.4. The zero-order valence-electron chi connectivity index (χ0n) is 22.4. The molecule has 2 aliphatic rings. The van der Waals surface area contributed by atoms with Crippen molar-refractivity contribution in [2.45, 2.75) is 37.3 Å². The molecule has 2 aliphatic heterocycles. The van der Waals surface area contributed by atoms with Gasteiger partial charge in [-0.05, 0) is 41.8 Å². The Morgan fingerprint density at radius 3 is 2.55 bits per heavy atom. The van der Waals surface area contributed by atoms with E-state index in [9.17, 15) is 13.6 Å². The number of aromatic nitrogens is 1. The first kappa shape index (κ1) is 28.8. The Labute approximate surface area is 257 Å². The van der Waals surface area contributed by atoms with Crippen molar-refractivity contribution >= 4 is 40.3 Å². The average Bonchev–Trinajstić information content (AvgIpc) is 3.62. The van der Waals surface area contributed by atoms with Gasteiger partial charge in [0.2, 0.25) is 12.5 Å². The highest BCUT2D eigenvalue weighted by atomic mass is 127. The summed E-state index contributed by atoms with van der Waals surface area (Å²) in [6.07, 6.45) is -0.228. The molecule has 0 bridgehead atoms. The molecule has 216 valence electrons. The normalized spacial score (nSPS) is 16.2. The van der Waals surface area contributed by atoms with Crippen molar-refractivity contribution in [3.05, 3.63) is 110 Å². The van der Waals surface area contributed by atoms with E-state index in [0.29, 0.717) is 27.6 Å². The molecule has 3 heterocycles. The number of hydrogen-bond donors (Lipinski definition) is 0. The molecule has 0 amide bonds. The Morgan fingerprint density at radius 2 is 1.83 bits per heavy atom. The highest BCUT2D eigenvalue weighted by molar-refractivity contribution is 14.1. The van der Waals surface area contributed by atoms with Crippen molar-refractivity contribution in [2.75, 3.05) is 12.5 Å². The number of nitrogens with zero attached hydrogens (tertiary/aromatic N) is 2. The van der Waals surface area contributed by atoms with Gasteiger partial charge in [0.05, 0.1) is 45.2 Å². The molecule has 0 spiro atoms. The quantitative estimate of drug-likeness (QED) is 0.116. The second-order valence-electron chi connectivity index (χ2n) is 10.1. The molecular weight excluding hydrogens is 683 g/mol. The zero-order chi connectivity index (χ0) is 29.8. The van der Waals surface area contributed by atoms with E-state index in [1.165, 1.54) is 36.0 Å². The van der Waals surface area contributed by atoms with Crippen LogP contribution in [0.5, 0.6) is 11.5 Å². The summed E-state index contributed by atoms with van der Waals surface area (Å²) in [6.45, 7) is 2.20. The minimum absolute atomic E-state index is 0.0174. The summed E-state index contributed by atoms with van der Waals surface area (Å²) in [5.41, 5.74) is 1.20. The van der Waals surface area contributed by atoms with Gasteiger partial charge in [0.1, 0.15) is 5.82 Å². The number of fused-ring (bicyclic) bond motifs is 2. The van der Waals surface area contributed by atoms with Gasteiger partial charge in [0, 0.05) is 35.8 Å². The molecule has 1 atom stereocenters. The van der Waals surface area contributed by atoms with E-state index in [1.54, 1.807) is 11.5 Å². The Balaban J connectivity index is 1.63. The summed E-state index contributed by atoms with van der Waals surface area (Å²) in [5, 5.41) is 0.509. The van der Waals surface area contributed by atoms with E-state index in [2.05, 4.69) is 3.21 Å². The standard InChI is InChI=1S/C31H23F4IN2O3S/c1-16-19(13-20-21(31(2,34)35)9-6-10-22(20)32)30-38(23(14-42-30)27(37-36)17-7-4-3-5-8-17)29(39)25(16)18-11-12-24-28(26(18)33)41-15-40-24/h3-12,23H,13-15H2,1-2H3/b37-27+. The van der Waals surface area contributed by atoms with Crippen molar-refractivity contribution in [2.24, 2.45) is 3.21 Å². The molecule has 4 aromatic rings. The minimum atomic E-state index is -3.31. The molecule has 0 radical (unpaired) electrons. The molecule has 5 nitrogen and oxygen atoms in total. The fraction of sp³-hybridized carbons (Fsp3) is 0.226. The van der Waals surface area contributed by atoms with Gasteiger partial charge in [-0.3, -0.25) is 9.36 Å². The van der Waals surface area contributed by atoms with Gasteiger partial charge in [-0.25, -0.2) is 20.8 Å². The summed E-state index contributed by atoms with van der Waals surface area (Å²) < 4.78 is 77.0. The summed E-state index contributed by atoms with van der Waals surface area (Å²) in [5.74, 6) is -4.34. The number of pyridine rings is 1. The van der Waals surface area contributed by atoms with Crippen molar-refractivity contribution in [1.82, 2.24) is 4.57 Å². The third-order valence-electron chi connectivity index (χ3n) is 7.60. The fourth-order valence-corrected chi connectivity index (χ4v) is 7.56. The van der Waals surface area contributed by atoms with Gasteiger partial charge in [-0.15, -0.1) is 11.8 Å². The van der Waals surface area contributed by atoms with Crippen LogP contribution < -0.4 is 15.0 Å². The molecule has 1 aromatic heterocycles. The number of alkyl halides is 2. The second-order valence-corrected chi connectivity index (χ2v) is 11.6. The van der Waals surface area contributed by atoms with Gasteiger partial charge in [-0.2, -0.15) is 0 Å². The lowest BCUT2D eigenvalue weighted by Crippen LogP contribution is -2.32. The molecule has 0 saturated heterocycles. The molecule has 1 unspecified atom stereocenters. The number of hydrogen-bond acceptors (Lipinski definition) is 5. The third kappa shape index (κ3) is 4.80. The largest absolute Gasteiger partial charge is 0.453 e. The number of benzene rings is 3. The van der Waals surface area contributed by atoms with Crippen LogP contribution in [0.2, 0.25) is 0 Å². The highest BCUT2D eigenvalue weighted by Gasteiger charge is 2.36. The van der Waals surface area contributed by atoms with Gasteiger partial charge in [0.15, 0.2) is 11.6 Å². The Hall–Kier alpha value is -3.32. The maximum Gasteiger partial charge on any atom is 0.270 e. The lowest BCUT2D eigenvalue weighted by Gasteiger charge is -2.23. The summed E-state index contributed by atoms with van der Waals surface area (Å²) in [7, 11) is 0. The molecule has 6 rings (SSSR count). The molecule has 11 heteroatoms. The van der Waals surface area contributed by atoms with Gasteiger partial charge in [-0.1, -0.05) is 42.5 Å². The van der Waals surface area contributed by atoms with Crippen molar-refractivity contribution < 1.29 is 27.0 Å². The highest BCUT2D eigenvalue weighted by Crippen LogP contribution is 2.45. The smallest absolute Gasteiger partial charge is 0.270 e. The molecule has 42 heavy (non-hydrogen) atoms. The van der Waals surface area contributed by atoms with Crippen LogP contribution in [0.1, 0.15) is 40.8 Å². The Kier molecular flexibility index (Phi) is 7.58. The first-order chi connectivity index (χ1) is 20.1. The fourth-order valence-electron chi connectivity index (χ4n) is 5.59. The molecule has 3 aromatic carbocycles. The SMILES string of the molecule is Cc1c(Cc2c(F)cccc2C(C)(F)F)c2n(c(=O)c1-c1ccc3c(c1F)OCO3)C(/C(=N/I)c1ccccc1)CS2. The van der Waals surface area contributed by atoms with Gasteiger partial charge < -0.3 is 9.47 Å². The zero-order valence-corrected chi connectivity index (χ0v) is 25.4. The predicted molar refractivity (Wildman–Crippen MR) is 162 cm³/mol. The van der Waals surface area contributed by atoms with Crippen LogP contribution >= 0.6 is 34.6 Å². The molecule has 0 N–H and O–H groups in total. The number of ether oxygens (including phenoxy) is 2. The lowest BCUT2D eigenvalue weighted by atomic mass is 9.91. The van der Waals surface area contributed by atoms with Crippen LogP contribution in [0.15, 0.2) is 73.7 Å². The monoisotopic (exact) mass is 706 g/mol. The van der Waals surface area contributed by atoms with E-state index in [4.69, 9.17) is 9.47 Å². The van der Waals surface area contributed by atoms with E-state index in [1.807, 2.05) is 53.2 Å². The van der Waals surface area contributed by atoms with Crippen LogP contribution in [-0.4, -0.2) is 22.8 Å². The van der Waals surface area contributed by atoms with E-state index >= 15 is 8.78 Å². The molecule has 0 fully saturated rings. The van der Waals surface area contributed by atoms with Gasteiger partial charge >= 0.3 is 0 Å². The summed E-state index contributed by atoms with van der Waals surface area (Å²) >= 11 is 3.26. The van der Waals surface area contributed by atoms with Crippen LogP contribution in [0, 0.1) is 18.6 Å². The van der Waals surface area contributed by atoms with E-state index in [0.717, 1.165) is 18.6 Å². The van der Waals surface area contributed by atoms with Crippen LogP contribution in [0.4, 0.5) is 17.6 Å². The molecule has 0 saturated carbocycles. The Bertz CT molecular complexity index is 1810. The Morgan fingerprint density at radius 1 is 1.07 bits per heavy atom. The lowest BCUT2D eigenvalue weighted by molar-refractivity contribution is 0.0162. The first-order valence-electron chi connectivity index (χ1n) is 13.0. The maximum atomic E-state index is 15.9. The first-order valence-corrected chi connectivity index (χ1v) is 15.0. The number of rotatable bonds is 6. The summed E-state index contributed by atoms with van der Waals surface area (Å²) in [6, 6.07) is 15.4. The topological polar surface area (TPSA) is 52.8 Å². The van der Waals surface area contributed by atoms with Crippen LogP contribution in [0.3, 0.4) is 0 Å². The van der Waals surface area contributed by atoms with Gasteiger partial charge in [0.25, 0.3) is 11.5 Å². The second kappa shape index (κ2) is 11.1. The van der Waals surface area contributed by atoms with Crippen molar-refractivity contribution in [1.29, 1.82) is 0 Å². The maximum absolute atomic E-state index is 15.9. The average molecular weight is 706 g/mol. The predicted octanol–water partition coefficient (Wildman–Crippen LogP) is 8.02.